The molecule has 2 unspecified atom stereocenters. The minimum atomic E-state index is 0.0470. The third-order valence-electron chi connectivity index (χ3n) is 3.96. The molecule has 0 spiro atoms. The van der Waals surface area contributed by atoms with E-state index >= 15 is 0 Å². The van der Waals surface area contributed by atoms with Crippen molar-refractivity contribution in [2.45, 2.75) is 18.8 Å². The van der Waals surface area contributed by atoms with Crippen LogP contribution in [0.25, 0.3) is 0 Å². The number of nitrogens with one attached hydrogen (secondary N) is 1. The van der Waals surface area contributed by atoms with Crippen LogP contribution in [0.1, 0.15) is 24.3 Å². The number of hydrogen-bond donors (Lipinski definition) is 1. The van der Waals surface area contributed by atoms with E-state index in [0.29, 0.717) is 32.0 Å². The number of carbonyl (C=O) groups excluding carboxylic acids is 2. The van der Waals surface area contributed by atoms with Crippen LogP contribution in [0.15, 0.2) is 30.3 Å². The molecule has 1 saturated carbocycles. The van der Waals surface area contributed by atoms with Gasteiger partial charge < -0.3 is 10.2 Å². The van der Waals surface area contributed by atoms with Gasteiger partial charge in [-0.1, -0.05) is 30.3 Å². The van der Waals surface area contributed by atoms with Crippen LogP contribution in [0.2, 0.25) is 0 Å². The van der Waals surface area contributed by atoms with Gasteiger partial charge in [0.2, 0.25) is 11.8 Å². The van der Waals surface area contributed by atoms with Crippen molar-refractivity contribution in [2.75, 3.05) is 19.6 Å². The van der Waals surface area contributed by atoms with Crippen molar-refractivity contribution in [2.24, 2.45) is 5.92 Å². The highest BCUT2D eigenvalue weighted by atomic mass is 16.2. The van der Waals surface area contributed by atoms with Crippen LogP contribution >= 0.6 is 0 Å². The van der Waals surface area contributed by atoms with Crippen LogP contribution in [0.5, 0.6) is 0 Å². The van der Waals surface area contributed by atoms with Crippen molar-refractivity contribution < 1.29 is 9.59 Å². The maximum Gasteiger partial charge on any atom is 0.226 e. The molecule has 1 aliphatic heterocycles. The molecule has 0 radical (unpaired) electrons. The second kappa shape index (κ2) is 5.03. The lowest BCUT2D eigenvalue weighted by Crippen LogP contribution is -2.35. The summed E-state index contributed by atoms with van der Waals surface area (Å²) in [5.41, 5.74) is 1.25. The highest BCUT2D eigenvalue weighted by Gasteiger charge is 2.45. The van der Waals surface area contributed by atoms with E-state index in [4.69, 9.17) is 0 Å². The van der Waals surface area contributed by atoms with Gasteiger partial charge in [-0.3, -0.25) is 9.59 Å². The van der Waals surface area contributed by atoms with Gasteiger partial charge in [0.25, 0.3) is 0 Å². The van der Waals surface area contributed by atoms with Crippen LogP contribution in [0.4, 0.5) is 0 Å². The average molecular weight is 258 g/mol. The first-order valence-electron chi connectivity index (χ1n) is 6.86. The number of amides is 2. The molecule has 1 heterocycles. The highest BCUT2D eigenvalue weighted by Crippen LogP contribution is 2.48. The fourth-order valence-electron chi connectivity index (χ4n) is 2.76. The molecule has 4 heteroatoms. The summed E-state index contributed by atoms with van der Waals surface area (Å²) in [6.07, 6.45) is 1.37. The third-order valence-corrected chi connectivity index (χ3v) is 3.96. The summed E-state index contributed by atoms with van der Waals surface area (Å²) in [5, 5.41) is 2.80. The van der Waals surface area contributed by atoms with Gasteiger partial charge in [0.15, 0.2) is 0 Å². The molecule has 0 bridgehead atoms. The Labute approximate surface area is 112 Å². The van der Waals surface area contributed by atoms with Gasteiger partial charge in [-0.2, -0.15) is 0 Å². The van der Waals surface area contributed by atoms with Gasteiger partial charge >= 0.3 is 0 Å². The molecule has 3 rings (SSSR count). The van der Waals surface area contributed by atoms with Crippen molar-refractivity contribution in [3.05, 3.63) is 35.9 Å². The van der Waals surface area contributed by atoms with Crippen LogP contribution < -0.4 is 5.32 Å². The number of nitrogens with zero attached hydrogens (tertiary/aromatic N) is 1. The number of benzene rings is 1. The fraction of sp³-hybridized carbons (Fsp3) is 0.467. The predicted molar refractivity (Wildman–Crippen MR) is 71.5 cm³/mol. The first-order chi connectivity index (χ1) is 9.25. The topological polar surface area (TPSA) is 49.4 Å². The lowest BCUT2D eigenvalue weighted by atomic mass is 10.1. The largest absolute Gasteiger partial charge is 0.354 e. The summed E-state index contributed by atoms with van der Waals surface area (Å²) in [7, 11) is 0. The number of rotatable bonds is 2. The molecule has 1 aromatic carbocycles. The Morgan fingerprint density at radius 2 is 2.00 bits per heavy atom. The normalized spacial score (nSPS) is 26.5. The van der Waals surface area contributed by atoms with Gasteiger partial charge in [-0.25, -0.2) is 0 Å². The molecule has 2 amide bonds. The van der Waals surface area contributed by atoms with Crippen molar-refractivity contribution in [1.29, 1.82) is 0 Å². The van der Waals surface area contributed by atoms with E-state index in [2.05, 4.69) is 17.4 Å². The summed E-state index contributed by atoms with van der Waals surface area (Å²) in [4.78, 5) is 25.5. The molecule has 4 nitrogen and oxygen atoms in total. The van der Waals surface area contributed by atoms with Crippen LogP contribution in [-0.2, 0) is 9.59 Å². The Hall–Kier alpha value is -1.84. The maximum atomic E-state index is 12.4. The zero-order valence-corrected chi connectivity index (χ0v) is 10.8. The van der Waals surface area contributed by atoms with Gasteiger partial charge in [-0.05, 0) is 17.9 Å². The Kier molecular flexibility index (Phi) is 3.23. The summed E-state index contributed by atoms with van der Waals surface area (Å²) >= 11 is 0. The SMILES string of the molecule is O=C1CCN(C(=O)C2CC2c2ccccc2)CCN1. The molecule has 2 fully saturated rings. The second-order valence-electron chi connectivity index (χ2n) is 5.28. The predicted octanol–water partition coefficient (Wildman–Crippen LogP) is 1.14. The van der Waals surface area contributed by atoms with Gasteiger partial charge in [0, 0.05) is 32.0 Å². The molecule has 100 valence electrons. The molecule has 2 aliphatic rings. The van der Waals surface area contributed by atoms with Crippen molar-refractivity contribution in [1.82, 2.24) is 10.2 Å². The zero-order chi connectivity index (χ0) is 13.2. The monoisotopic (exact) mass is 258 g/mol. The average Bonchev–Trinajstić information content (AvgIpc) is 3.23. The van der Waals surface area contributed by atoms with Gasteiger partial charge in [0.05, 0.1) is 0 Å². The standard InChI is InChI=1S/C15H18N2O2/c18-14-6-8-17(9-7-16-14)15(19)13-10-12(13)11-4-2-1-3-5-11/h1-5,12-13H,6-10H2,(H,16,18). The minimum Gasteiger partial charge on any atom is -0.354 e. The summed E-state index contributed by atoms with van der Waals surface area (Å²) in [6.45, 7) is 1.78. The van der Waals surface area contributed by atoms with E-state index in [1.54, 1.807) is 0 Å². The lowest BCUT2D eigenvalue weighted by molar-refractivity contribution is -0.132. The Morgan fingerprint density at radius 3 is 2.79 bits per heavy atom. The van der Waals surface area contributed by atoms with Gasteiger partial charge in [0.1, 0.15) is 0 Å². The Bertz CT molecular complexity index is 486. The maximum absolute atomic E-state index is 12.4. The zero-order valence-electron chi connectivity index (χ0n) is 10.8. The van der Waals surface area contributed by atoms with Crippen molar-refractivity contribution in [3.63, 3.8) is 0 Å². The summed E-state index contributed by atoms with van der Waals surface area (Å²) < 4.78 is 0. The second-order valence-corrected chi connectivity index (χ2v) is 5.28. The van der Waals surface area contributed by atoms with E-state index in [9.17, 15) is 9.59 Å². The Morgan fingerprint density at radius 1 is 1.21 bits per heavy atom. The quantitative estimate of drug-likeness (QED) is 0.864. The lowest BCUT2D eigenvalue weighted by Gasteiger charge is -2.19. The van der Waals surface area contributed by atoms with E-state index in [-0.39, 0.29) is 17.7 Å². The van der Waals surface area contributed by atoms with Crippen LogP contribution in [0, 0.1) is 5.92 Å². The molecule has 2 atom stereocenters. The highest BCUT2D eigenvalue weighted by molar-refractivity contribution is 5.84. The number of carbonyl (C=O) groups is 2. The fourth-order valence-corrected chi connectivity index (χ4v) is 2.76. The Balaban J connectivity index is 1.62. The molecule has 19 heavy (non-hydrogen) atoms. The van der Waals surface area contributed by atoms with Crippen LogP contribution in [-0.4, -0.2) is 36.3 Å². The van der Waals surface area contributed by atoms with Crippen LogP contribution in [0.3, 0.4) is 0 Å². The molecule has 1 aromatic rings. The van der Waals surface area contributed by atoms with E-state index in [1.165, 1.54) is 5.56 Å². The first-order valence-corrected chi connectivity index (χ1v) is 6.86. The molecular formula is C15H18N2O2. The smallest absolute Gasteiger partial charge is 0.226 e. The van der Waals surface area contributed by atoms with Crippen molar-refractivity contribution >= 4 is 11.8 Å². The molecule has 1 saturated heterocycles. The summed E-state index contributed by atoms with van der Waals surface area (Å²) in [6, 6.07) is 10.2. The minimum absolute atomic E-state index is 0.0470. The molecule has 1 aliphatic carbocycles. The van der Waals surface area contributed by atoms with E-state index in [0.717, 1.165) is 6.42 Å². The number of hydrogen-bond acceptors (Lipinski definition) is 2. The first kappa shape index (κ1) is 12.2. The summed E-state index contributed by atoms with van der Waals surface area (Å²) in [5.74, 6) is 0.757. The van der Waals surface area contributed by atoms with Gasteiger partial charge in [-0.15, -0.1) is 0 Å². The van der Waals surface area contributed by atoms with Crippen molar-refractivity contribution in [3.8, 4) is 0 Å². The van der Waals surface area contributed by atoms with E-state index in [1.807, 2.05) is 23.1 Å². The van der Waals surface area contributed by atoms with E-state index < -0.39 is 0 Å². The molecular weight excluding hydrogens is 240 g/mol. The third kappa shape index (κ3) is 2.62. The molecule has 1 N–H and O–H groups in total. The molecule has 0 aromatic heterocycles.